The molecule has 0 aliphatic heterocycles. The van der Waals surface area contributed by atoms with Crippen LogP contribution in [0.1, 0.15) is 27.0 Å². The minimum atomic E-state index is -1.23. The zero-order chi connectivity index (χ0) is 20.0. The van der Waals surface area contributed by atoms with Crippen LogP contribution in [0.5, 0.6) is 5.75 Å². The molecule has 0 saturated heterocycles. The number of fused-ring (bicyclic) bond motifs is 1. The van der Waals surface area contributed by atoms with Crippen molar-refractivity contribution in [2.45, 2.75) is 20.8 Å². The van der Waals surface area contributed by atoms with Gasteiger partial charge in [-0.1, -0.05) is 12.6 Å². The van der Waals surface area contributed by atoms with E-state index >= 15 is 0 Å². The quantitative estimate of drug-likeness (QED) is 0.683. The summed E-state index contributed by atoms with van der Waals surface area (Å²) in [5.74, 6) is -1.43. The Bertz CT molecular complexity index is 1160. The first-order chi connectivity index (χ1) is 12.7. The number of nitrogen functional groups attached to an aromatic ring is 1. The molecule has 7 nitrogen and oxygen atoms in total. The molecular formula is C19H17FN4O3. The number of carbonyl (C=O) groups is 1. The first-order valence-electron chi connectivity index (χ1n) is 7.99. The van der Waals surface area contributed by atoms with Gasteiger partial charge in [-0.3, -0.25) is 4.57 Å². The zero-order valence-corrected chi connectivity index (χ0v) is 15.2. The number of halogens is 1. The number of aromatic carboxylic acids is 1. The molecule has 2 heterocycles. The van der Waals surface area contributed by atoms with Gasteiger partial charge in [-0.05, 0) is 26.3 Å². The van der Waals surface area contributed by atoms with E-state index in [1.54, 1.807) is 26.8 Å². The molecule has 0 unspecified atom stereocenters. The minimum Gasteiger partial charge on any atom is -0.496 e. The van der Waals surface area contributed by atoms with Crippen molar-refractivity contribution in [2.75, 3.05) is 12.8 Å². The van der Waals surface area contributed by atoms with Gasteiger partial charge in [0.05, 0.1) is 18.2 Å². The number of anilines is 1. The first-order valence-corrected chi connectivity index (χ1v) is 7.99. The third kappa shape index (κ3) is 2.56. The number of hydrogen-bond acceptors (Lipinski definition) is 4. The molecule has 0 bridgehead atoms. The standard InChI is InChI=1S/C19H17FN4O3/c1-8-6-11-14(19(25)26)16(21)24(18(11)23-17(8)22-4)15-9(2)12(20)7-13(27-5)10(15)3/h6-7H,21H2,1-3,5H3,(H,25,26). The number of hydrogen-bond donors (Lipinski definition) is 2. The molecular weight excluding hydrogens is 351 g/mol. The highest BCUT2D eigenvalue weighted by Crippen LogP contribution is 2.38. The van der Waals surface area contributed by atoms with E-state index in [4.69, 9.17) is 17.0 Å². The molecule has 0 spiro atoms. The summed E-state index contributed by atoms with van der Waals surface area (Å²) in [7, 11) is 1.42. The number of benzene rings is 1. The molecule has 0 radical (unpaired) electrons. The topological polar surface area (TPSA) is 94.7 Å². The first kappa shape index (κ1) is 18.2. The van der Waals surface area contributed by atoms with Gasteiger partial charge in [0.15, 0.2) is 0 Å². The van der Waals surface area contributed by atoms with Crippen molar-refractivity contribution in [2.24, 2.45) is 0 Å². The molecule has 0 aliphatic rings. The summed E-state index contributed by atoms with van der Waals surface area (Å²) >= 11 is 0. The number of pyridine rings is 1. The Kier molecular flexibility index (Phi) is 4.24. The van der Waals surface area contributed by atoms with Gasteiger partial charge in [-0.15, -0.1) is 4.98 Å². The number of ether oxygens (including phenoxy) is 1. The van der Waals surface area contributed by atoms with Crippen molar-refractivity contribution in [1.29, 1.82) is 0 Å². The number of carboxylic acid groups (broad SMARTS) is 1. The number of nitrogens with two attached hydrogens (primary N) is 1. The van der Waals surface area contributed by atoms with Crippen LogP contribution >= 0.6 is 0 Å². The zero-order valence-electron chi connectivity index (χ0n) is 15.2. The molecule has 0 saturated carbocycles. The smallest absolute Gasteiger partial charge is 0.340 e. The number of methoxy groups -OCH3 is 1. The summed E-state index contributed by atoms with van der Waals surface area (Å²) in [4.78, 5) is 19.5. The fourth-order valence-corrected chi connectivity index (χ4v) is 3.27. The van der Waals surface area contributed by atoms with E-state index in [0.717, 1.165) is 0 Å². The fraction of sp³-hybridized carbons (Fsp3) is 0.211. The maximum atomic E-state index is 14.5. The summed E-state index contributed by atoms with van der Waals surface area (Å²) in [6.07, 6.45) is 0. The molecule has 138 valence electrons. The Morgan fingerprint density at radius 3 is 2.56 bits per heavy atom. The van der Waals surface area contributed by atoms with E-state index in [-0.39, 0.29) is 33.8 Å². The van der Waals surface area contributed by atoms with Crippen molar-refractivity contribution in [3.05, 3.63) is 51.6 Å². The Balaban J connectivity index is 2.58. The predicted octanol–water partition coefficient (Wildman–Crippen LogP) is 3.93. The van der Waals surface area contributed by atoms with Gasteiger partial charge in [0, 0.05) is 17.2 Å². The second-order valence-corrected chi connectivity index (χ2v) is 6.17. The molecule has 0 atom stereocenters. The fourth-order valence-electron chi connectivity index (χ4n) is 3.27. The van der Waals surface area contributed by atoms with Crippen LogP contribution in [-0.2, 0) is 0 Å². The molecule has 1 aromatic carbocycles. The normalized spacial score (nSPS) is 10.8. The van der Waals surface area contributed by atoms with Crippen molar-refractivity contribution in [3.8, 4) is 11.4 Å². The Morgan fingerprint density at radius 1 is 1.33 bits per heavy atom. The second-order valence-electron chi connectivity index (χ2n) is 6.17. The van der Waals surface area contributed by atoms with Gasteiger partial charge in [0.25, 0.3) is 5.82 Å². The average Bonchev–Trinajstić information content (AvgIpc) is 2.89. The van der Waals surface area contributed by atoms with Gasteiger partial charge in [0.1, 0.15) is 22.9 Å². The third-order valence-corrected chi connectivity index (χ3v) is 4.60. The lowest BCUT2D eigenvalue weighted by Gasteiger charge is -2.16. The molecule has 0 aliphatic carbocycles. The van der Waals surface area contributed by atoms with E-state index < -0.39 is 11.8 Å². The van der Waals surface area contributed by atoms with Crippen molar-refractivity contribution in [3.63, 3.8) is 0 Å². The highest BCUT2D eigenvalue weighted by Gasteiger charge is 2.28. The van der Waals surface area contributed by atoms with Gasteiger partial charge < -0.3 is 20.4 Å². The monoisotopic (exact) mass is 368 g/mol. The van der Waals surface area contributed by atoms with Gasteiger partial charge in [-0.25, -0.2) is 9.18 Å². The number of aryl methyl sites for hydroxylation is 1. The molecule has 27 heavy (non-hydrogen) atoms. The van der Waals surface area contributed by atoms with Crippen LogP contribution in [0.2, 0.25) is 0 Å². The lowest BCUT2D eigenvalue weighted by molar-refractivity contribution is 0.0700. The van der Waals surface area contributed by atoms with Crippen LogP contribution in [0.4, 0.5) is 16.0 Å². The van der Waals surface area contributed by atoms with Crippen LogP contribution in [-0.4, -0.2) is 27.7 Å². The SMILES string of the molecule is [C-]#[N+]c1nc2c(cc1C)c(C(=O)O)c(N)n2-c1c(C)c(F)cc(OC)c1C. The van der Waals surface area contributed by atoms with E-state index in [1.807, 2.05) is 0 Å². The number of nitrogens with zero attached hydrogens (tertiary/aromatic N) is 3. The molecule has 3 N–H and O–H groups in total. The highest BCUT2D eigenvalue weighted by atomic mass is 19.1. The second kappa shape index (κ2) is 6.29. The summed E-state index contributed by atoms with van der Waals surface area (Å²) in [5.41, 5.74) is 7.92. The molecule has 8 heteroatoms. The largest absolute Gasteiger partial charge is 0.496 e. The van der Waals surface area contributed by atoms with Gasteiger partial charge in [0.2, 0.25) is 5.65 Å². The molecule has 3 rings (SSSR count). The van der Waals surface area contributed by atoms with E-state index in [2.05, 4.69) is 9.83 Å². The van der Waals surface area contributed by atoms with Gasteiger partial charge >= 0.3 is 5.97 Å². The summed E-state index contributed by atoms with van der Waals surface area (Å²) < 4.78 is 21.1. The predicted molar refractivity (Wildman–Crippen MR) is 99.4 cm³/mol. The lowest BCUT2D eigenvalue weighted by atomic mass is 10.1. The Labute approximate surface area is 154 Å². The van der Waals surface area contributed by atoms with Crippen LogP contribution in [0.25, 0.3) is 21.6 Å². The minimum absolute atomic E-state index is 0.0922. The van der Waals surface area contributed by atoms with Crippen molar-refractivity contribution < 1.29 is 19.0 Å². The maximum absolute atomic E-state index is 14.5. The molecule has 0 fully saturated rings. The van der Waals surface area contributed by atoms with Gasteiger partial charge in [-0.2, -0.15) is 0 Å². The maximum Gasteiger partial charge on any atom is 0.340 e. The average molecular weight is 368 g/mol. The van der Waals surface area contributed by atoms with E-state index in [1.165, 1.54) is 17.7 Å². The molecule has 0 amide bonds. The summed E-state index contributed by atoms with van der Waals surface area (Å²) in [6, 6.07) is 2.82. The Hall–Kier alpha value is -3.60. The van der Waals surface area contributed by atoms with Crippen LogP contribution in [0, 0.1) is 33.2 Å². The summed E-state index contributed by atoms with van der Waals surface area (Å²) in [5, 5.41) is 9.94. The number of aromatic nitrogens is 2. The number of carboxylic acids is 1. The lowest BCUT2D eigenvalue weighted by Crippen LogP contribution is -2.09. The van der Waals surface area contributed by atoms with Crippen LogP contribution < -0.4 is 10.5 Å². The molecule has 3 aromatic rings. The van der Waals surface area contributed by atoms with Crippen molar-refractivity contribution in [1.82, 2.24) is 9.55 Å². The van der Waals surface area contributed by atoms with Crippen LogP contribution in [0.3, 0.4) is 0 Å². The van der Waals surface area contributed by atoms with E-state index in [0.29, 0.717) is 22.6 Å². The van der Waals surface area contributed by atoms with Crippen LogP contribution in [0.15, 0.2) is 12.1 Å². The summed E-state index contributed by atoms with van der Waals surface area (Å²) in [6.45, 7) is 12.2. The third-order valence-electron chi connectivity index (χ3n) is 4.60. The van der Waals surface area contributed by atoms with Crippen molar-refractivity contribution >= 4 is 28.6 Å². The van der Waals surface area contributed by atoms with E-state index in [9.17, 15) is 14.3 Å². The molecule has 2 aromatic heterocycles. The number of rotatable bonds is 3. The highest BCUT2D eigenvalue weighted by molar-refractivity contribution is 6.09. The Morgan fingerprint density at radius 2 is 2.00 bits per heavy atom.